The summed E-state index contributed by atoms with van der Waals surface area (Å²) in [4.78, 5) is 28.1. The molecule has 0 aliphatic carbocycles. The van der Waals surface area contributed by atoms with E-state index >= 15 is 0 Å². The molecule has 39 heavy (non-hydrogen) atoms. The fourth-order valence-electron chi connectivity index (χ4n) is 3.74. The van der Waals surface area contributed by atoms with E-state index in [0.29, 0.717) is 17.0 Å². The Balaban J connectivity index is 2.02. The summed E-state index contributed by atoms with van der Waals surface area (Å²) in [5, 5.41) is 3.47. The topological polar surface area (TPSA) is 86.8 Å². The number of amides is 2. The van der Waals surface area contributed by atoms with Gasteiger partial charge in [0, 0.05) is 12.6 Å². The van der Waals surface area contributed by atoms with Crippen molar-refractivity contribution in [1.82, 2.24) is 10.2 Å². The van der Waals surface area contributed by atoms with Crippen LogP contribution in [0.3, 0.4) is 0 Å². The highest BCUT2D eigenvalue weighted by atomic mass is 35.5. The Hall–Kier alpha value is -3.14. The molecule has 1 N–H and O–H groups in total. The predicted octanol–water partition coefficient (Wildman–Crippen LogP) is 5.66. The zero-order valence-electron chi connectivity index (χ0n) is 21.8. The summed E-state index contributed by atoms with van der Waals surface area (Å²) in [5.74, 6) is -1.59. The number of carbonyl (C=O) groups is 2. The molecule has 0 saturated heterocycles. The highest BCUT2D eigenvalue weighted by molar-refractivity contribution is 7.92. The zero-order valence-corrected chi connectivity index (χ0v) is 24.1. The minimum atomic E-state index is -4.23. The van der Waals surface area contributed by atoms with Gasteiger partial charge in [-0.05, 0) is 74.4 Å². The highest BCUT2D eigenvalue weighted by Gasteiger charge is 2.32. The Labute approximate surface area is 238 Å². The van der Waals surface area contributed by atoms with Crippen molar-refractivity contribution in [3.05, 3.63) is 94.2 Å². The summed E-state index contributed by atoms with van der Waals surface area (Å²) in [7, 11) is -4.23. The van der Waals surface area contributed by atoms with Gasteiger partial charge in [-0.2, -0.15) is 0 Å². The molecule has 7 nitrogen and oxygen atoms in total. The van der Waals surface area contributed by atoms with Crippen molar-refractivity contribution in [2.75, 3.05) is 10.8 Å². The van der Waals surface area contributed by atoms with Crippen molar-refractivity contribution in [3.8, 4) is 0 Å². The van der Waals surface area contributed by atoms with Gasteiger partial charge >= 0.3 is 0 Å². The first-order valence-corrected chi connectivity index (χ1v) is 14.5. The first kappa shape index (κ1) is 30.4. The molecule has 0 saturated carbocycles. The second-order valence-corrected chi connectivity index (χ2v) is 11.7. The molecule has 0 aliphatic rings. The third-order valence-corrected chi connectivity index (χ3v) is 8.76. The molecule has 0 aromatic heterocycles. The molecule has 2 amide bonds. The van der Waals surface area contributed by atoms with Crippen LogP contribution in [0.1, 0.15) is 32.8 Å². The second kappa shape index (κ2) is 13.3. The number of sulfonamides is 1. The van der Waals surface area contributed by atoms with E-state index in [4.69, 9.17) is 23.2 Å². The van der Waals surface area contributed by atoms with Gasteiger partial charge in [0.1, 0.15) is 18.4 Å². The Bertz CT molecular complexity index is 1410. The number of nitrogens with one attached hydrogen (secondary N) is 1. The Kier molecular flexibility index (Phi) is 10.4. The number of carbonyl (C=O) groups excluding carboxylic acids is 2. The number of anilines is 1. The van der Waals surface area contributed by atoms with E-state index in [-0.39, 0.29) is 28.2 Å². The minimum Gasteiger partial charge on any atom is -0.352 e. The molecule has 0 heterocycles. The number of hydrogen-bond acceptors (Lipinski definition) is 4. The fourth-order valence-corrected chi connectivity index (χ4v) is 5.49. The van der Waals surface area contributed by atoms with Crippen LogP contribution in [-0.4, -0.2) is 43.8 Å². The summed E-state index contributed by atoms with van der Waals surface area (Å²) in [6.07, 6.45) is 0.687. The lowest BCUT2D eigenvalue weighted by molar-refractivity contribution is -0.139. The summed E-state index contributed by atoms with van der Waals surface area (Å²) < 4.78 is 41.9. The zero-order chi connectivity index (χ0) is 28.7. The highest BCUT2D eigenvalue weighted by Crippen LogP contribution is 2.26. The SMILES string of the molecule is CC[C@H](C)NC(=O)[C@H](C)N(Cc1ccc(Cl)c(Cl)c1)C(=O)CN(c1ccc(F)cc1)S(=O)(=O)c1ccccc1. The lowest BCUT2D eigenvalue weighted by Crippen LogP contribution is -2.52. The second-order valence-electron chi connectivity index (χ2n) is 9.07. The molecule has 2 atom stereocenters. The van der Waals surface area contributed by atoms with E-state index in [0.717, 1.165) is 16.4 Å². The summed E-state index contributed by atoms with van der Waals surface area (Å²) in [5.41, 5.74) is 0.694. The van der Waals surface area contributed by atoms with Crippen molar-refractivity contribution in [1.29, 1.82) is 0 Å². The maximum absolute atomic E-state index is 13.8. The lowest BCUT2D eigenvalue weighted by atomic mass is 10.1. The Morgan fingerprint density at radius 3 is 2.18 bits per heavy atom. The van der Waals surface area contributed by atoms with E-state index in [1.807, 2.05) is 13.8 Å². The molecule has 0 bridgehead atoms. The van der Waals surface area contributed by atoms with Gasteiger partial charge in [0.05, 0.1) is 20.6 Å². The van der Waals surface area contributed by atoms with Crippen molar-refractivity contribution in [2.45, 2.75) is 50.7 Å². The van der Waals surface area contributed by atoms with Crippen molar-refractivity contribution < 1.29 is 22.4 Å². The average molecular weight is 595 g/mol. The van der Waals surface area contributed by atoms with E-state index in [1.165, 1.54) is 29.2 Å². The first-order valence-electron chi connectivity index (χ1n) is 12.3. The Morgan fingerprint density at radius 1 is 0.949 bits per heavy atom. The third-order valence-electron chi connectivity index (χ3n) is 6.23. The van der Waals surface area contributed by atoms with Crippen LogP contribution >= 0.6 is 23.2 Å². The molecule has 0 unspecified atom stereocenters. The van der Waals surface area contributed by atoms with Gasteiger partial charge in [0.15, 0.2) is 0 Å². The van der Waals surface area contributed by atoms with Crippen LogP contribution in [0.25, 0.3) is 0 Å². The average Bonchev–Trinajstić information content (AvgIpc) is 2.92. The van der Waals surface area contributed by atoms with Gasteiger partial charge in [-0.15, -0.1) is 0 Å². The van der Waals surface area contributed by atoms with E-state index < -0.39 is 40.2 Å². The van der Waals surface area contributed by atoms with Gasteiger partial charge in [0.2, 0.25) is 11.8 Å². The van der Waals surface area contributed by atoms with Gasteiger partial charge < -0.3 is 10.2 Å². The summed E-state index contributed by atoms with van der Waals surface area (Å²) >= 11 is 12.2. The standard InChI is InChI=1S/C28H30Cl2FN3O4S/c1-4-19(2)32-28(36)20(3)33(17-21-10-15-25(29)26(30)16-21)27(35)18-34(23-13-11-22(31)12-14-23)39(37,38)24-8-6-5-7-9-24/h5-16,19-20H,4,17-18H2,1-3H3,(H,32,36)/t19-,20-/m0/s1. The minimum absolute atomic E-state index is 0.0343. The molecular formula is C28H30Cl2FN3O4S. The van der Waals surface area contributed by atoms with Crippen LogP contribution in [0.5, 0.6) is 0 Å². The van der Waals surface area contributed by atoms with Crippen LogP contribution in [0.15, 0.2) is 77.7 Å². The molecule has 0 radical (unpaired) electrons. The molecule has 3 aromatic rings. The van der Waals surface area contributed by atoms with Crippen LogP contribution in [0.4, 0.5) is 10.1 Å². The first-order chi connectivity index (χ1) is 18.4. The van der Waals surface area contributed by atoms with Crippen LogP contribution in [0.2, 0.25) is 10.0 Å². The summed E-state index contributed by atoms with van der Waals surface area (Å²) in [6, 6.07) is 16.2. The van der Waals surface area contributed by atoms with Gasteiger partial charge in [-0.3, -0.25) is 13.9 Å². The molecule has 0 spiro atoms. The largest absolute Gasteiger partial charge is 0.352 e. The monoisotopic (exact) mass is 593 g/mol. The van der Waals surface area contributed by atoms with Crippen molar-refractivity contribution in [2.24, 2.45) is 0 Å². The molecule has 0 fully saturated rings. The van der Waals surface area contributed by atoms with E-state index in [2.05, 4.69) is 5.32 Å². The maximum Gasteiger partial charge on any atom is 0.264 e. The molecule has 3 rings (SSSR count). The number of rotatable bonds is 11. The van der Waals surface area contributed by atoms with Crippen LogP contribution in [-0.2, 0) is 26.2 Å². The molecular weight excluding hydrogens is 564 g/mol. The van der Waals surface area contributed by atoms with Gasteiger partial charge in [0.25, 0.3) is 10.0 Å². The Morgan fingerprint density at radius 2 is 1.59 bits per heavy atom. The lowest BCUT2D eigenvalue weighted by Gasteiger charge is -2.32. The predicted molar refractivity (Wildman–Crippen MR) is 152 cm³/mol. The van der Waals surface area contributed by atoms with Crippen molar-refractivity contribution >= 4 is 50.7 Å². The van der Waals surface area contributed by atoms with E-state index in [9.17, 15) is 22.4 Å². The third kappa shape index (κ3) is 7.71. The number of nitrogens with zero attached hydrogens (tertiary/aromatic N) is 2. The molecule has 3 aromatic carbocycles. The van der Waals surface area contributed by atoms with Crippen molar-refractivity contribution in [3.63, 3.8) is 0 Å². The summed E-state index contributed by atoms with van der Waals surface area (Å²) in [6.45, 7) is 4.67. The smallest absolute Gasteiger partial charge is 0.264 e. The van der Waals surface area contributed by atoms with Crippen LogP contribution in [0, 0.1) is 5.82 Å². The fraction of sp³-hybridized carbons (Fsp3) is 0.286. The molecule has 0 aliphatic heterocycles. The molecule has 11 heteroatoms. The maximum atomic E-state index is 13.8. The number of halogens is 3. The normalized spacial score (nSPS) is 12.9. The van der Waals surface area contributed by atoms with Crippen LogP contribution < -0.4 is 9.62 Å². The van der Waals surface area contributed by atoms with Gasteiger partial charge in [-0.25, -0.2) is 12.8 Å². The van der Waals surface area contributed by atoms with E-state index in [1.54, 1.807) is 43.3 Å². The number of benzene rings is 3. The molecule has 208 valence electrons. The van der Waals surface area contributed by atoms with Gasteiger partial charge in [-0.1, -0.05) is 54.4 Å². The quantitative estimate of drug-likeness (QED) is 0.311. The number of hydrogen-bond donors (Lipinski definition) is 1.